The molecule has 0 aliphatic heterocycles. The topological polar surface area (TPSA) is 69.1 Å². The fourth-order valence-corrected chi connectivity index (χ4v) is 2.45. The van der Waals surface area contributed by atoms with Crippen molar-refractivity contribution in [1.29, 1.82) is 0 Å². The maximum atomic E-state index is 5.99. The van der Waals surface area contributed by atoms with Gasteiger partial charge in [-0.3, -0.25) is 0 Å². The Morgan fingerprint density at radius 2 is 2.25 bits per heavy atom. The molecule has 0 unspecified atom stereocenters. The minimum Gasteiger partial charge on any atom is -0.397 e. The van der Waals surface area contributed by atoms with E-state index in [1.807, 2.05) is 24.4 Å². The average Bonchev–Trinajstić information content (AvgIpc) is 2.85. The molecule has 3 heterocycles. The Kier molecular flexibility index (Phi) is 1.90. The predicted octanol–water partition coefficient (Wildman–Crippen LogP) is 1.74. The van der Waals surface area contributed by atoms with Crippen LogP contribution in [0.15, 0.2) is 23.7 Å². The number of nitrogens with zero attached hydrogens (tertiary/aromatic N) is 4. The molecule has 0 aliphatic carbocycles. The molecule has 2 N–H and O–H groups in total. The van der Waals surface area contributed by atoms with Crippen LogP contribution >= 0.6 is 11.3 Å². The van der Waals surface area contributed by atoms with Crippen molar-refractivity contribution in [2.45, 2.75) is 6.92 Å². The molecule has 0 aromatic carbocycles. The van der Waals surface area contributed by atoms with E-state index in [4.69, 9.17) is 5.73 Å². The van der Waals surface area contributed by atoms with Crippen LogP contribution in [0.5, 0.6) is 0 Å². The van der Waals surface area contributed by atoms with Crippen molar-refractivity contribution in [3.63, 3.8) is 0 Å². The summed E-state index contributed by atoms with van der Waals surface area (Å²) in [6.45, 7) is 1.98. The molecular weight excluding hydrogens is 222 g/mol. The summed E-state index contributed by atoms with van der Waals surface area (Å²) in [6.07, 6.45) is 1.70. The minimum absolute atomic E-state index is 0.700. The lowest BCUT2D eigenvalue weighted by Crippen LogP contribution is -1.95. The summed E-state index contributed by atoms with van der Waals surface area (Å²) in [5.41, 5.74) is 8.53. The van der Waals surface area contributed by atoms with Crippen molar-refractivity contribution in [3.8, 4) is 10.7 Å². The lowest BCUT2D eigenvalue weighted by atomic mass is 10.3. The van der Waals surface area contributed by atoms with Crippen molar-refractivity contribution >= 4 is 22.7 Å². The smallest absolute Gasteiger partial charge is 0.197 e. The highest BCUT2D eigenvalue weighted by atomic mass is 32.1. The zero-order valence-corrected chi connectivity index (χ0v) is 9.40. The number of hydrogen-bond acceptors (Lipinski definition) is 5. The number of rotatable bonds is 1. The first-order valence-electron chi connectivity index (χ1n) is 4.78. The molecule has 0 saturated carbocycles. The maximum absolute atomic E-state index is 5.99. The first kappa shape index (κ1) is 9.29. The van der Waals surface area contributed by atoms with E-state index in [1.54, 1.807) is 22.0 Å². The molecule has 0 saturated heterocycles. The number of fused-ring (bicyclic) bond motifs is 1. The molecular formula is C10H9N5S. The van der Waals surface area contributed by atoms with Crippen LogP contribution in [0.25, 0.3) is 16.3 Å². The standard InChI is InChI=1S/C10H9N5S/c1-6-5-16-9(8(6)11)10-14-13-7-3-2-4-12-15(7)10/h2-5H,11H2,1H3. The Morgan fingerprint density at radius 3 is 3.00 bits per heavy atom. The largest absolute Gasteiger partial charge is 0.397 e. The summed E-state index contributed by atoms with van der Waals surface area (Å²) >= 11 is 1.56. The molecule has 6 heteroatoms. The van der Waals surface area contributed by atoms with Gasteiger partial charge in [0.25, 0.3) is 0 Å². The molecule has 16 heavy (non-hydrogen) atoms. The molecule has 80 valence electrons. The van der Waals surface area contributed by atoms with Gasteiger partial charge in [-0.25, -0.2) is 0 Å². The number of hydrogen-bond donors (Lipinski definition) is 1. The highest BCUT2D eigenvalue weighted by molar-refractivity contribution is 7.14. The van der Waals surface area contributed by atoms with Gasteiger partial charge in [0.1, 0.15) is 0 Å². The van der Waals surface area contributed by atoms with E-state index in [9.17, 15) is 0 Å². The van der Waals surface area contributed by atoms with E-state index in [1.165, 1.54) is 0 Å². The van der Waals surface area contributed by atoms with Gasteiger partial charge in [-0.15, -0.1) is 21.5 Å². The second-order valence-electron chi connectivity index (χ2n) is 3.48. The fraction of sp³-hybridized carbons (Fsp3) is 0.100. The molecule has 0 atom stereocenters. The first-order chi connectivity index (χ1) is 7.77. The van der Waals surface area contributed by atoms with Gasteiger partial charge < -0.3 is 5.73 Å². The monoisotopic (exact) mass is 231 g/mol. The third-order valence-corrected chi connectivity index (χ3v) is 3.51. The van der Waals surface area contributed by atoms with Gasteiger partial charge in [0.15, 0.2) is 11.5 Å². The molecule has 3 aromatic rings. The van der Waals surface area contributed by atoms with E-state index in [0.29, 0.717) is 5.82 Å². The van der Waals surface area contributed by atoms with Crippen molar-refractivity contribution < 1.29 is 0 Å². The van der Waals surface area contributed by atoms with E-state index in [0.717, 1.165) is 21.8 Å². The van der Waals surface area contributed by atoms with Gasteiger partial charge in [-0.05, 0) is 30.0 Å². The number of aromatic nitrogens is 4. The normalized spacial score (nSPS) is 11.1. The fourth-order valence-electron chi connectivity index (χ4n) is 1.51. The molecule has 0 fully saturated rings. The lowest BCUT2D eigenvalue weighted by molar-refractivity contribution is 0.938. The summed E-state index contributed by atoms with van der Waals surface area (Å²) in [7, 11) is 0. The van der Waals surface area contributed by atoms with Crippen LogP contribution in [0.3, 0.4) is 0 Å². The van der Waals surface area contributed by atoms with Crippen LogP contribution in [-0.2, 0) is 0 Å². The van der Waals surface area contributed by atoms with E-state index in [-0.39, 0.29) is 0 Å². The summed E-state index contributed by atoms with van der Waals surface area (Å²) in [5.74, 6) is 0.700. The summed E-state index contributed by atoms with van der Waals surface area (Å²) in [5, 5.41) is 14.4. The Hall–Kier alpha value is -1.95. The number of aryl methyl sites for hydroxylation is 1. The van der Waals surface area contributed by atoms with Gasteiger partial charge in [-0.2, -0.15) is 9.61 Å². The van der Waals surface area contributed by atoms with Gasteiger partial charge >= 0.3 is 0 Å². The third-order valence-electron chi connectivity index (χ3n) is 2.40. The number of anilines is 1. The highest BCUT2D eigenvalue weighted by Gasteiger charge is 2.14. The van der Waals surface area contributed by atoms with Crippen molar-refractivity contribution in [3.05, 3.63) is 29.3 Å². The van der Waals surface area contributed by atoms with Crippen LogP contribution in [0.4, 0.5) is 5.69 Å². The van der Waals surface area contributed by atoms with Gasteiger partial charge in [-0.1, -0.05) is 0 Å². The zero-order chi connectivity index (χ0) is 11.1. The number of nitrogens with two attached hydrogens (primary N) is 1. The van der Waals surface area contributed by atoms with E-state index < -0.39 is 0 Å². The quantitative estimate of drug-likeness (QED) is 0.692. The van der Waals surface area contributed by atoms with Crippen molar-refractivity contribution in [1.82, 2.24) is 19.8 Å². The van der Waals surface area contributed by atoms with Crippen LogP contribution in [0, 0.1) is 6.92 Å². The second-order valence-corrected chi connectivity index (χ2v) is 4.36. The van der Waals surface area contributed by atoms with Gasteiger partial charge in [0.05, 0.1) is 10.6 Å². The van der Waals surface area contributed by atoms with E-state index >= 15 is 0 Å². The number of thiophene rings is 1. The predicted molar refractivity (Wildman–Crippen MR) is 63.2 cm³/mol. The summed E-state index contributed by atoms with van der Waals surface area (Å²) in [4.78, 5) is 0.920. The van der Waals surface area contributed by atoms with Crippen molar-refractivity contribution in [2.24, 2.45) is 0 Å². The first-order valence-corrected chi connectivity index (χ1v) is 5.65. The second kappa shape index (κ2) is 3.28. The Labute approximate surface area is 95.5 Å². The molecule has 3 aromatic heterocycles. The Balaban J connectivity index is 2.30. The van der Waals surface area contributed by atoms with Gasteiger partial charge in [0, 0.05) is 6.20 Å². The molecule has 5 nitrogen and oxygen atoms in total. The zero-order valence-electron chi connectivity index (χ0n) is 8.58. The molecule has 0 bridgehead atoms. The average molecular weight is 231 g/mol. The van der Waals surface area contributed by atoms with E-state index in [2.05, 4.69) is 15.3 Å². The molecule has 0 radical (unpaired) electrons. The lowest BCUT2D eigenvalue weighted by Gasteiger charge is -1.97. The highest BCUT2D eigenvalue weighted by Crippen LogP contribution is 2.33. The summed E-state index contributed by atoms with van der Waals surface area (Å²) in [6, 6.07) is 3.69. The minimum atomic E-state index is 0.700. The van der Waals surface area contributed by atoms with Crippen LogP contribution in [0.2, 0.25) is 0 Å². The molecule has 3 rings (SSSR count). The van der Waals surface area contributed by atoms with Crippen LogP contribution in [0.1, 0.15) is 5.56 Å². The Bertz CT molecular complexity index is 654. The summed E-state index contributed by atoms with van der Waals surface area (Å²) < 4.78 is 1.70. The molecule has 0 aliphatic rings. The number of nitrogen functional groups attached to an aromatic ring is 1. The SMILES string of the molecule is Cc1csc(-c2nnc3cccnn23)c1N. The van der Waals surface area contributed by atoms with Crippen LogP contribution < -0.4 is 5.73 Å². The molecule has 0 amide bonds. The Morgan fingerprint density at radius 1 is 1.38 bits per heavy atom. The maximum Gasteiger partial charge on any atom is 0.197 e. The molecule has 0 spiro atoms. The van der Waals surface area contributed by atoms with Crippen LogP contribution in [-0.4, -0.2) is 19.8 Å². The third kappa shape index (κ3) is 1.20. The van der Waals surface area contributed by atoms with Gasteiger partial charge in [0.2, 0.25) is 0 Å². The van der Waals surface area contributed by atoms with Crippen molar-refractivity contribution in [2.75, 3.05) is 5.73 Å².